The Kier molecular flexibility index (Phi) is 5.81. The standard InChI is InChI=1S/C25H28N4O/c1-17(2)24-13-23(30-28-24)15-26-14-21-16-29(22-10-8-18(3)9-11-22)27-25(21)20-7-5-6-19(4)12-20/h5-13,16-17,26H,14-15H2,1-4H3. The number of hydrogen-bond donors (Lipinski definition) is 1. The van der Waals surface area contributed by atoms with Crippen LogP contribution < -0.4 is 5.32 Å². The van der Waals surface area contributed by atoms with E-state index in [1.807, 2.05) is 10.7 Å². The van der Waals surface area contributed by atoms with Gasteiger partial charge in [-0.05, 0) is 38.0 Å². The lowest BCUT2D eigenvalue weighted by Crippen LogP contribution is -2.12. The van der Waals surface area contributed by atoms with Gasteiger partial charge in [0.2, 0.25) is 0 Å². The first-order valence-corrected chi connectivity index (χ1v) is 10.4. The van der Waals surface area contributed by atoms with E-state index in [-0.39, 0.29) is 0 Å². The van der Waals surface area contributed by atoms with Gasteiger partial charge in [-0.25, -0.2) is 4.68 Å². The van der Waals surface area contributed by atoms with Crippen molar-refractivity contribution in [2.45, 2.75) is 46.7 Å². The minimum atomic E-state index is 0.364. The molecule has 4 aromatic rings. The summed E-state index contributed by atoms with van der Waals surface area (Å²) < 4.78 is 7.40. The van der Waals surface area contributed by atoms with E-state index < -0.39 is 0 Å². The summed E-state index contributed by atoms with van der Waals surface area (Å²) in [6, 6.07) is 18.9. The van der Waals surface area contributed by atoms with Crippen LogP contribution in [0.15, 0.2) is 65.3 Å². The molecule has 0 atom stereocenters. The second-order valence-electron chi connectivity index (χ2n) is 8.13. The van der Waals surface area contributed by atoms with Crippen molar-refractivity contribution in [3.63, 3.8) is 0 Å². The van der Waals surface area contributed by atoms with Crippen molar-refractivity contribution in [2.75, 3.05) is 0 Å². The molecule has 5 heteroatoms. The fraction of sp³-hybridized carbons (Fsp3) is 0.280. The molecule has 5 nitrogen and oxygen atoms in total. The normalized spacial score (nSPS) is 11.4. The van der Waals surface area contributed by atoms with E-state index in [9.17, 15) is 0 Å². The van der Waals surface area contributed by atoms with E-state index in [0.29, 0.717) is 19.0 Å². The number of aromatic nitrogens is 3. The predicted octanol–water partition coefficient (Wildman–Crippen LogP) is 5.56. The van der Waals surface area contributed by atoms with Crippen molar-refractivity contribution < 1.29 is 4.52 Å². The highest BCUT2D eigenvalue weighted by Gasteiger charge is 2.13. The lowest BCUT2D eigenvalue weighted by atomic mass is 10.1. The van der Waals surface area contributed by atoms with Crippen LogP contribution in [-0.2, 0) is 13.1 Å². The predicted molar refractivity (Wildman–Crippen MR) is 120 cm³/mol. The maximum absolute atomic E-state index is 5.45. The quantitative estimate of drug-likeness (QED) is 0.441. The summed E-state index contributed by atoms with van der Waals surface area (Å²) in [6.45, 7) is 9.74. The monoisotopic (exact) mass is 400 g/mol. The third kappa shape index (κ3) is 4.52. The van der Waals surface area contributed by atoms with Crippen molar-refractivity contribution in [3.05, 3.63) is 88.9 Å². The number of nitrogens with zero attached hydrogens (tertiary/aromatic N) is 3. The molecule has 2 aromatic heterocycles. The lowest BCUT2D eigenvalue weighted by molar-refractivity contribution is 0.365. The number of benzene rings is 2. The molecule has 2 aromatic carbocycles. The Morgan fingerprint density at radius 3 is 2.47 bits per heavy atom. The molecule has 0 radical (unpaired) electrons. The summed E-state index contributed by atoms with van der Waals surface area (Å²) in [7, 11) is 0. The summed E-state index contributed by atoms with van der Waals surface area (Å²) in [5.74, 6) is 1.21. The van der Waals surface area contributed by atoms with E-state index in [4.69, 9.17) is 9.62 Å². The Bertz CT molecular complexity index is 1120. The van der Waals surface area contributed by atoms with Crippen LogP contribution in [0.4, 0.5) is 0 Å². The molecule has 0 aliphatic rings. The summed E-state index contributed by atoms with van der Waals surface area (Å²) in [4.78, 5) is 0. The molecule has 0 spiro atoms. The van der Waals surface area contributed by atoms with Gasteiger partial charge in [-0.15, -0.1) is 0 Å². The van der Waals surface area contributed by atoms with Crippen LogP contribution in [0.25, 0.3) is 16.9 Å². The highest BCUT2D eigenvalue weighted by molar-refractivity contribution is 5.64. The van der Waals surface area contributed by atoms with Gasteiger partial charge in [0, 0.05) is 29.9 Å². The number of aryl methyl sites for hydroxylation is 2. The molecule has 30 heavy (non-hydrogen) atoms. The molecule has 0 bridgehead atoms. The molecule has 0 fully saturated rings. The van der Waals surface area contributed by atoms with Gasteiger partial charge in [-0.3, -0.25) is 0 Å². The van der Waals surface area contributed by atoms with Gasteiger partial charge in [0.1, 0.15) is 0 Å². The van der Waals surface area contributed by atoms with Gasteiger partial charge in [0.25, 0.3) is 0 Å². The Morgan fingerprint density at radius 1 is 0.967 bits per heavy atom. The summed E-state index contributed by atoms with van der Waals surface area (Å²) in [5.41, 5.74) is 7.76. The Balaban J connectivity index is 1.58. The fourth-order valence-corrected chi connectivity index (χ4v) is 3.41. The highest BCUT2D eigenvalue weighted by atomic mass is 16.5. The molecule has 1 N–H and O–H groups in total. The minimum Gasteiger partial charge on any atom is -0.360 e. The maximum Gasteiger partial charge on any atom is 0.150 e. The third-order valence-electron chi connectivity index (χ3n) is 5.16. The van der Waals surface area contributed by atoms with Gasteiger partial charge < -0.3 is 9.84 Å². The van der Waals surface area contributed by atoms with Crippen molar-refractivity contribution in [3.8, 4) is 16.9 Å². The fourth-order valence-electron chi connectivity index (χ4n) is 3.41. The Morgan fingerprint density at radius 2 is 1.77 bits per heavy atom. The van der Waals surface area contributed by atoms with Crippen LogP contribution in [-0.4, -0.2) is 14.9 Å². The van der Waals surface area contributed by atoms with Gasteiger partial charge in [-0.2, -0.15) is 5.10 Å². The van der Waals surface area contributed by atoms with E-state index in [1.54, 1.807) is 0 Å². The lowest BCUT2D eigenvalue weighted by Gasteiger charge is -2.04. The zero-order chi connectivity index (χ0) is 21.1. The molecule has 0 aliphatic carbocycles. The van der Waals surface area contributed by atoms with Gasteiger partial charge in [0.05, 0.1) is 23.6 Å². The van der Waals surface area contributed by atoms with Crippen molar-refractivity contribution in [1.82, 2.24) is 20.3 Å². The molecule has 0 saturated carbocycles. The van der Waals surface area contributed by atoms with E-state index in [2.05, 4.69) is 92.9 Å². The van der Waals surface area contributed by atoms with Crippen molar-refractivity contribution in [1.29, 1.82) is 0 Å². The summed E-state index contributed by atoms with van der Waals surface area (Å²) in [6.07, 6.45) is 2.11. The summed E-state index contributed by atoms with van der Waals surface area (Å²) in [5, 5.41) is 12.5. The largest absolute Gasteiger partial charge is 0.360 e. The van der Waals surface area contributed by atoms with Crippen LogP contribution in [0.1, 0.15) is 47.9 Å². The number of nitrogens with one attached hydrogen (secondary N) is 1. The Labute approximate surface area is 177 Å². The van der Waals surface area contributed by atoms with E-state index in [0.717, 1.165) is 34.0 Å². The molecule has 154 valence electrons. The van der Waals surface area contributed by atoms with Gasteiger partial charge in [-0.1, -0.05) is 60.5 Å². The minimum absolute atomic E-state index is 0.364. The first-order chi connectivity index (χ1) is 14.5. The molecular weight excluding hydrogens is 372 g/mol. The molecule has 4 rings (SSSR count). The van der Waals surface area contributed by atoms with Crippen LogP contribution in [0.3, 0.4) is 0 Å². The smallest absolute Gasteiger partial charge is 0.150 e. The maximum atomic E-state index is 5.45. The molecule has 2 heterocycles. The SMILES string of the molecule is Cc1ccc(-n2cc(CNCc3cc(C(C)C)no3)c(-c3cccc(C)c3)n2)cc1. The zero-order valence-corrected chi connectivity index (χ0v) is 18.0. The van der Waals surface area contributed by atoms with Crippen LogP contribution in [0.5, 0.6) is 0 Å². The molecule has 0 aliphatic heterocycles. The van der Waals surface area contributed by atoms with E-state index >= 15 is 0 Å². The van der Waals surface area contributed by atoms with Crippen molar-refractivity contribution >= 4 is 0 Å². The number of rotatable bonds is 7. The van der Waals surface area contributed by atoms with Gasteiger partial charge in [0.15, 0.2) is 5.76 Å². The van der Waals surface area contributed by atoms with E-state index in [1.165, 1.54) is 11.1 Å². The van der Waals surface area contributed by atoms with Crippen LogP contribution in [0, 0.1) is 13.8 Å². The second kappa shape index (κ2) is 8.67. The third-order valence-corrected chi connectivity index (χ3v) is 5.16. The average Bonchev–Trinajstić information content (AvgIpc) is 3.36. The second-order valence-corrected chi connectivity index (χ2v) is 8.13. The van der Waals surface area contributed by atoms with Gasteiger partial charge >= 0.3 is 0 Å². The molecule has 0 unspecified atom stereocenters. The van der Waals surface area contributed by atoms with Crippen LogP contribution >= 0.6 is 0 Å². The number of hydrogen-bond acceptors (Lipinski definition) is 4. The molecule has 0 amide bonds. The topological polar surface area (TPSA) is 55.9 Å². The van der Waals surface area contributed by atoms with Crippen molar-refractivity contribution in [2.24, 2.45) is 0 Å². The first kappa shape index (κ1) is 20.1. The average molecular weight is 401 g/mol. The molecule has 0 saturated heterocycles. The first-order valence-electron chi connectivity index (χ1n) is 10.4. The molecular formula is C25H28N4O. The zero-order valence-electron chi connectivity index (χ0n) is 18.0. The highest BCUT2D eigenvalue weighted by Crippen LogP contribution is 2.25. The Hall–Kier alpha value is -3.18. The summed E-state index contributed by atoms with van der Waals surface area (Å²) >= 11 is 0. The van der Waals surface area contributed by atoms with Crippen LogP contribution in [0.2, 0.25) is 0 Å².